The van der Waals surface area contributed by atoms with Crippen molar-refractivity contribution in [1.29, 1.82) is 5.39 Å². The number of nitrogens with zero attached hydrogens (tertiary/aromatic N) is 3. The molecule has 0 heterocycles. The molecule has 0 aromatic heterocycles. The predicted octanol–water partition coefficient (Wildman–Crippen LogP) is 4.04. The zero-order valence-electron chi connectivity index (χ0n) is 14.5. The number of amides is 1. The van der Waals surface area contributed by atoms with Crippen LogP contribution in [0.3, 0.4) is 0 Å². The molecule has 0 spiro atoms. The molecule has 0 radical (unpaired) electrons. The largest absolute Gasteiger partial charge is 0.480 e. The fraction of sp³-hybridized carbons (Fsp3) is 0.200. The van der Waals surface area contributed by atoms with Gasteiger partial charge in [-0.25, -0.2) is 9.59 Å². The third-order valence-corrected chi connectivity index (χ3v) is 4.42. The number of carbonyl (C=O) groups is 2. The molecule has 7 nitrogen and oxygen atoms in total. The molecule has 3 rings (SSSR count). The van der Waals surface area contributed by atoms with Gasteiger partial charge in [-0.15, -0.1) is 0 Å². The smallest absolute Gasteiger partial charge is 0.478 e. The first-order valence-electron chi connectivity index (χ1n) is 8.49. The van der Waals surface area contributed by atoms with Gasteiger partial charge < -0.3 is 9.84 Å². The van der Waals surface area contributed by atoms with Crippen LogP contribution in [-0.2, 0) is 9.53 Å². The number of aliphatic carboxylic acids is 1. The Morgan fingerprint density at radius 3 is 2.26 bits per heavy atom. The second-order valence-electron chi connectivity index (χ2n) is 6.05. The van der Waals surface area contributed by atoms with Crippen LogP contribution < -0.4 is 0 Å². The maximum Gasteiger partial charge on any atom is 0.480 e. The summed E-state index contributed by atoms with van der Waals surface area (Å²) in [7, 11) is 0. The van der Waals surface area contributed by atoms with Crippen LogP contribution in [0.1, 0.15) is 23.5 Å². The number of carbonyl (C=O) groups excluding carboxylic acids is 1. The van der Waals surface area contributed by atoms with E-state index in [1.807, 2.05) is 48.5 Å². The first-order valence-corrected chi connectivity index (χ1v) is 8.49. The number of carboxylic acids is 1. The summed E-state index contributed by atoms with van der Waals surface area (Å²) in [6.45, 7) is 0.126. The Hall–Kier alpha value is -3.66. The number of fused-ring (bicyclic) bond motifs is 3. The van der Waals surface area contributed by atoms with Crippen LogP contribution in [0.15, 0.2) is 60.7 Å². The third-order valence-electron chi connectivity index (χ3n) is 4.42. The van der Waals surface area contributed by atoms with Crippen molar-refractivity contribution in [3.8, 4) is 11.1 Å². The van der Waals surface area contributed by atoms with Gasteiger partial charge in [-0.1, -0.05) is 54.6 Å². The number of carboxylic acid groups (broad SMARTS) is 1. The number of rotatable bonds is 6. The number of ether oxygens (including phenoxy) is 1. The van der Waals surface area contributed by atoms with E-state index in [1.54, 1.807) is 0 Å². The Kier molecular flexibility index (Phi) is 5.47. The summed E-state index contributed by atoms with van der Waals surface area (Å²) in [6.07, 6.45) is 1.77. The summed E-state index contributed by atoms with van der Waals surface area (Å²) in [5.41, 5.74) is 4.42. The van der Waals surface area contributed by atoms with Gasteiger partial charge in [0, 0.05) is 12.0 Å². The van der Waals surface area contributed by atoms with Crippen molar-refractivity contribution in [1.82, 2.24) is 5.01 Å². The van der Waals surface area contributed by atoms with Crippen molar-refractivity contribution in [2.24, 2.45) is 0 Å². The van der Waals surface area contributed by atoms with Crippen LogP contribution in [0.25, 0.3) is 16.2 Å². The molecule has 2 aromatic rings. The third kappa shape index (κ3) is 3.96. The molecule has 0 saturated carbocycles. The number of diazo groups is 1. The second-order valence-corrected chi connectivity index (χ2v) is 6.05. The van der Waals surface area contributed by atoms with Gasteiger partial charge in [0.2, 0.25) is 0 Å². The SMILES string of the molecule is N#[N+]N(CC/C=C/C(=O)O)C(=O)OCC1c2ccccc2-c2ccccc21. The van der Waals surface area contributed by atoms with Crippen LogP contribution in [-0.4, -0.2) is 35.3 Å². The molecule has 27 heavy (non-hydrogen) atoms. The first kappa shape index (κ1) is 18.1. The van der Waals surface area contributed by atoms with Gasteiger partial charge >= 0.3 is 17.1 Å². The minimum atomic E-state index is -1.08. The van der Waals surface area contributed by atoms with Crippen molar-refractivity contribution in [2.45, 2.75) is 12.3 Å². The fourth-order valence-electron chi connectivity index (χ4n) is 3.22. The first-order chi connectivity index (χ1) is 13.1. The summed E-state index contributed by atoms with van der Waals surface area (Å²) in [5.74, 6) is -1.17. The molecule has 1 N–H and O–H groups in total. The van der Waals surface area contributed by atoms with E-state index in [1.165, 1.54) is 6.08 Å². The second kappa shape index (κ2) is 8.15. The van der Waals surface area contributed by atoms with E-state index in [-0.39, 0.29) is 25.5 Å². The summed E-state index contributed by atoms with van der Waals surface area (Å²) in [6, 6.07) is 16.0. The van der Waals surface area contributed by atoms with Crippen molar-refractivity contribution >= 4 is 12.1 Å². The molecule has 1 aliphatic carbocycles. The monoisotopic (exact) mass is 364 g/mol. The van der Waals surface area contributed by atoms with Gasteiger partial charge in [-0.3, -0.25) is 0 Å². The Morgan fingerprint density at radius 1 is 1.11 bits per heavy atom. The van der Waals surface area contributed by atoms with E-state index in [4.69, 9.17) is 15.2 Å². The lowest BCUT2D eigenvalue weighted by atomic mass is 9.98. The fourth-order valence-corrected chi connectivity index (χ4v) is 3.22. The van der Waals surface area contributed by atoms with Gasteiger partial charge in [0.25, 0.3) is 5.39 Å². The van der Waals surface area contributed by atoms with Crippen LogP contribution in [0, 0.1) is 5.39 Å². The van der Waals surface area contributed by atoms with Crippen LogP contribution in [0.4, 0.5) is 4.79 Å². The zero-order chi connectivity index (χ0) is 19.2. The van der Waals surface area contributed by atoms with E-state index < -0.39 is 12.1 Å². The van der Waals surface area contributed by atoms with E-state index in [0.29, 0.717) is 0 Å². The molecule has 0 saturated heterocycles. The molecule has 7 heteroatoms. The van der Waals surface area contributed by atoms with E-state index in [0.717, 1.165) is 33.3 Å². The van der Waals surface area contributed by atoms with Crippen molar-refractivity contribution in [3.05, 3.63) is 76.9 Å². The van der Waals surface area contributed by atoms with E-state index in [9.17, 15) is 9.59 Å². The van der Waals surface area contributed by atoms with Gasteiger partial charge in [0.05, 0.1) is 5.01 Å². The average molecular weight is 364 g/mol. The summed E-state index contributed by atoms with van der Waals surface area (Å²) >= 11 is 0. The molecule has 0 aliphatic heterocycles. The molecule has 2 aromatic carbocycles. The Labute approximate surface area is 156 Å². The minimum absolute atomic E-state index is 0.0109. The Bertz CT molecular complexity index is 887. The lowest BCUT2D eigenvalue weighted by Gasteiger charge is -2.13. The lowest BCUT2D eigenvalue weighted by molar-refractivity contribution is -0.131. The molecule has 1 aliphatic rings. The Morgan fingerprint density at radius 2 is 1.70 bits per heavy atom. The molecule has 0 atom stereocenters. The quantitative estimate of drug-likeness (QED) is 0.474. The lowest BCUT2D eigenvalue weighted by Crippen LogP contribution is -2.27. The highest BCUT2D eigenvalue weighted by Gasteiger charge is 2.31. The highest BCUT2D eigenvalue weighted by Crippen LogP contribution is 2.44. The van der Waals surface area contributed by atoms with E-state index >= 15 is 0 Å². The summed E-state index contributed by atoms with van der Waals surface area (Å²) < 4.78 is 5.36. The molecular weight excluding hydrogens is 346 g/mol. The zero-order valence-corrected chi connectivity index (χ0v) is 14.5. The topological polar surface area (TPSA) is 95.0 Å². The van der Waals surface area contributed by atoms with Crippen LogP contribution in [0.5, 0.6) is 0 Å². The summed E-state index contributed by atoms with van der Waals surface area (Å²) in [5, 5.41) is 21.2. The number of hydrogen-bond acceptors (Lipinski definition) is 4. The van der Waals surface area contributed by atoms with Gasteiger partial charge in [-0.2, -0.15) is 0 Å². The van der Waals surface area contributed by atoms with Gasteiger partial charge in [0.15, 0.2) is 0 Å². The molecule has 0 bridgehead atoms. The van der Waals surface area contributed by atoms with E-state index in [2.05, 4.69) is 5.08 Å². The molecule has 0 fully saturated rings. The maximum absolute atomic E-state index is 12.2. The molecular formula is C20H18N3O4+. The number of hydrogen-bond donors (Lipinski definition) is 1. The standard InChI is InChI=1S/C20H17N3O4/c21-22-23(12-6-5-11-19(24)25)20(26)27-13-18-16-9-3-1-7-14(16)15-8-2-4-10-17(15)18/h1-5,7-11,18H,6,12-13H2/p+1/b11-5+. The molecule has 0 unspecified atom stereocenters. The molecule has 1 amide bonds. The minimum Gasteiger partial charge on any atom is -0.478 e. The van der Waals surface area contributed by atoms with Crippen LogP contribution in [0.2, 0.25) is 0 Å². The average Bonchev–Trinajstić information content (AvgIpc) is 3.00. The maximum atomic E-state index is 12.2. The van der Waals surface area contributed by atoms with Crippen LogP contribution >= 0.6 is 0 Å². The van der Waals surface area contributed by atoms with Gasteiger partial charge in [-0.05, 0) is 28.7 Å². The number of benzene rings is 2. The van der Waals surface area contributed by atoms with Crippen molar-refractivity contribution in [3.63, 3.8) is 0 Å². The normalized spacial score (nSPS) is 12.3. The summed E-state index contributed by atoms with van der Waals surface area (Å²) in [4.78, 5) is 22.6. The predicted molar refractivity (Wildman–Crippen MR) is 98.3 cm³/mol. The highest BCUT2D eigenvalue weighted by molar-refractivity contribution is 5.80. The molecule has 136 valence electrons. The van der Waals surface area contributed by atoms with Crippen molar-refractivity contribution in [2.75, 3.05) is 13.2 Å². The highest BCUT2D eigenvalue weighted by atomic mass is 16.6. The van der Waals surface area contributed by atoms with Gasteiger partial charge in [0.1, 0.15) is 13.2 Å². The van der Waals surface area contributed by atoms with Crippen molar-refractivity contribution < 1.29 is 19.4 Å². The Balaban J connectivity index is 1.66.